The van der Waals surface area contributed by atoms with Gasteiger partial charge in [0.1, 0.15) is 0 Å². The average Bonchev–Trinajstić information content (AvgIpc) is 3.11. The van der Waals surface area contributed by atoms with Crippen LogP contribution in [-0.4, -0.2) is 26.3 Å². The average molecular weight is 391 g/mol. The topological polar surface area (TPSA) is 59.3 Å². The number of anilines is 1. The van der Waals surface area contributed by atoms with Crippen LogP contribution in [0.25, 0.3) is 16.6 Å². The molecule has 6 heteroatoms. The maximum Gasteiger partial charge on any atom is 0.225 e. The number of aromatic nitrogens is 3. The fourth-order valence-electron chi connectivity index (χ4n) is 3.25. The van der Waals surface area contributed by atoms with Crippen LogP contribution in [0.2, 0.25) is 0 Å². The van der Waals surface area contributed by atoms with Gasteiger partial charge in [0.2, 0.25) is 5.91 Å². The summed E-state index contributed by atoms with van der Waals surface area (Å²) in [6.07, 6.45) is 1.41. The van der Waals surface area contributed by atoms with Gasteiger partial charge >= 0.3 is 0 Å². The molecule has 0 unspecified atom stereocenters. The van der Waals surface area contributed by atoms with Crippen molar-refractivity contribution in [1.29, 1.82) is 0 Å². The monoisotopic (exact) mass is 390 g/mol. The van der Waals surface area contributed by atoms with Crippen LogP contribution in [0, 0.1) is 6.92 Å². The molecule has 1 N–H and O–H groups in total. The summed E-state index contributed by atoms with van der Waals surface area (Å²) in [7, 11) is 0. The van der Waals surface area contributed by atoms with Crippen molar-refractivity contribution in [2.24, 2.45) is 0 Å². The largest absolute Gasteiger partial charge is 0.326 e. The molecule has 2 heterocycles. The summed E-state index contributed by atoms with van der Waals surface area (Å²) in [5.41, 5.74) is 5.20. The van der Waals surface area contributed by atoms with Gasteiger partial charge < -0.3 is 5.32 Å². The molecule has 0 fully saturated rings. The minimum absolute atomic E-state index is 0.00581. The van der Waals surface area contributed by atoms with E-state index in [0.717, 1.165) is 28.4 Å². The highest BCUT2D eigenvalue weighted by atomic mass is 32.2. The van der Waals surface area contributed by atoms with Crippen molar-refractivity contribution >= 4 is 39.9 Å². The Bertz CT molecular complexity index is 1130. The lowest BCUT2D eigenvalue weighted by Crippen LogP contribution is -2.12. The number of hydrogen-bond donors (Lipinski definition) is 1. The number of rotatable bonds is 6. The Morgan fingerprint density at radius 3 is 2.68 bits per heavy atom. The Morgan fingerprint density at radius 1 is 1.11 bits per heavy atom. The van der Waals surface area contributed by atoms with E-state index < -0.39 is 0 Å². The maximum absolute atomic E-state index is 12.2. The number of pyridine rings is 1. The van der Waals surface area contributed by atoms with Gasteiger partial charge in [-0.3, -0.25) is 9.20 Å². The standard InChI is InChI=1S/C22H22N4OS/c1-3-16-8-10-17(11-9-16)23-21(27)12-13-28-22-25-24-20-14-15(2)18-6-4-5-7-19(18)26(20)22/h4-11,14H,3,12-13H2,1-2H3,(H,23,27). The van der Waals surface area contributed by atoms with E-state index in [9.17, 15) is 4.79 Å². The molecule has 0 bridgehead atoms. The van der Waals surface area contributed by atoms with E-state index in [2.05, 4.69) is 45.9 Å². The first kappa shape index (κ1) is 18.5. The zero-order chi connectivity index (χ0) is 19.5. The smallest absolute Gasteiger partial charge is 0.225 e. The summed E-state index contributed by atoms with van der Waals surface area (Å²) in [6, 6.07) is 18.3. The third kappa shape index (κ3) is 3.73. The lowest BCUT2D eigenvalue weighted by Gasteiger charge is -2.08. The SMILES string of the molecule is CCc1ccc(NC(=O)CCSc2nnc3cc(C)c4ccccc4n23)cc1. The first-order chi connectivity index (χ1) is 13.7. The predicted octanol–water partition coefficient (Wildman–Crippen LogP) is 4.87. The van der Waals surface area contributed by atoms with Crippen LogP contribution in [0.15, 0.2) is 59.8 Å². The molecule has 4 aromatic rings. The normalized spacial score (nSPS) is 11.2. The Balaban J connectivity index is 1.44. The summed E-state index contributed by atoms with van der Waals surface area (Å²) in [4.78, 5) is 12.2. The predicted molar refractivity (Wildman–Crippen MR) is 115 cm³/mol. The van der Waals surface area contributed by atoms with Gasteiger partial charge in [0, 0.05) is 23.2 Å². The lowest BCUT2D eigenvalue weighted by atomic mass is 10.1. The number of para-hydroxylation sites is 1. The molecule has 0 radical (unpaired) electrons. The van der Waals surface area contributed by atoms with E-state index in [4.69, 9.17) is 0 Å². The highest BCUT2D eigenvalue weighted by Gasteiger charge is 2.12. The molecule has 0 atom stereocenters. The van der Waals surface area contributed by atoms with Crippen LogP contribution in [0.4, 0.5) is 5.69 Å². The van der Waals surface area contributed by atoms with Gasteiger partial charge in [-0.1, -0.05) is 49.0 Å². The van der Waals surface area contributed by atoms with Crippen LogP contribution < -0.4 is 5.32 Å². The number of amides is 1. The number of hydrogen-bond acceptors (Lipinski definition) is 4. The Morgan fingerprint density at radius 2 is 1.89 bits per heavy atom. The molecule has 1 amide bonds. The number of nitrogens with one attached hydrogen (secondary N) is 1. The van der Waals surface area contributed by atoms with Gasteiger partial charge in [0.25, 0.3) is 0 Å². The molecule has 0 aliphatic heterocycles. The number of fused-ring (bicyclic) bond motifs is 3. The van der Waals surface area contributed by atoms with E-state index >= 15 is 0 Å². The van der Waals surface area contributed by atoms with Gasteiger partial charge in [0.05, 0.1) is 5.52 Å². The fraction of sp³-hybridized carbons (Fsp3) is 0.227. The van der Waals surface area contributed by atoms with Crippen LogP contribution in [0.3, 0.4) is 0 Å². The van der Waals surface area contributed by atoms with Crippen molar-refractivity contribution < 1.29 is 4.79 Å². The molecular weight excluding hydrogens is 368 g/mol. The Kier molecular flexibility index (Phi) is 5.30. The number of thioether (sulfide) groups is 1. The van der Waals surface area contributed by atoms with Gasteiger partial charge in [-0.25, -0.2) is 0 Å². The van der Waals surface area contributed by atoms with Crippen molar-refractivity contribution in [2.75, 3.05) is 11.1 Å². The van der Waals surface area contributed by atoms with E-state index in [1.807, 2.05) is 42.5 Å². The maximum atomic E-state index is 12.2. The molecule has 142 valence electrons. The summed E-state index contributed by atoms with van der Waals surface area (Å²) < 4.78 is 2.06. The van der Waals surface area contributed by atoms with Gasteiger partial charge in [-0.15, -0.1) is 10.2 Å². The van der Waals surface area contributed by atoms with Crippen LogP contribution >= 0.6 is 11.8 Å². The molecular formula is C22H22N4OS. The molecule has 0 saturated carbocycles. The number of benzene rings is 2. The highest BCUT2D eigenvalue weighted by molar-refractivity contribution is 7.99. The summed E-state index contributed by atoms with van der Waals surface area (Å²) in [5.74, 6) is 0.647. The van der Waals surface area contributed by atoms with Crippen molar-refractivity contribution in [1.82, 2.24) is 14.6 Å². The number of nitrogens with zero attached hydrogens (tertiary/aromatic N) is 3. The first-order valence-electron chi connectivity index (χ1n) is 9.41. The molecule has 0 aliphatic rings. The second-order valence-corrected chi connectivity index (χ2v) is 7.78. The lowest BCUT2D eigenvalue weighted by molar-refractivity contribution is -0.115. The quantitative estimate of drug-likeness (QED) is 0.477. The second kappa shape index (κ2) is 8.02. The third-order valence-corrected chi connectivity index (χ3v) is 5.71. The first-order valence-corrected chi connectivity index (χ1v) is 10.4. The molecule has 0 saturated heterocycles. The van der Waals surface area contributed by atoms with Crippen molar-refractivity contribution in [3.63, 3.8) is 0 Å². The number of carbonyl (C=O) groups is 1. The van der Waals surface area contributed by atoms with E-state index in [1.54, 1.807) is 11.8 Å². The fourth-order valence-corrected chi connectivity index (χ4v) is 4.14. The second-order valence-electron chi connectivity index (χ2n) is 6.72. The van der Waals surface area contributed by atoms with Crippen LogP contribution in [0.5, 0.6) is 0 Å². The zero-order valence-electron chi connectivity index (χ0n) is 16.0. The molecule has 2 aromatic heterocycles. The molecule has 28 heavy (non-hydrogen) atoms. The van der Waals surface area contributed by atoms with Crippen LogP contribution in [0.1, 0.15) is 24.5 Å². The van der Waals surface area contributed by atoms with E-state index in [-0.39, 0.29) is 5.91 Å². The van der Waals surface area contributed by atoms with E-state index in [1.165, 1.54) is 16.5 Å². The number of carbonyl (C=O) groups excluding carboxylic acids is 1. The Labute approximate surface area is 168 Å². The molecule has 2 aromatic carbocycles. The zero-order valence-corrected chi connectivity index (χ0v) is 16.8. The minimum atomic E-state index is 0.00581. The van der Waals surface area contributed by atoms with Crippen molar-refractivity contribution in [3.05, 3.63) is 65.7 Å². The Hall–Kier alpha value is -2.86. The third-order valence-electron chi connectivity index (χ3n) is 4.78. The highest BCUT2D eigenvalue weighted by Crippen LogP contribution is 2.26. The van der Waals surface area contributed by atoms with Crippen molar-refractivity contribution in [3.8, 4) is 0 Å². The van der Waals surface area contributed by atoms with Gasteiger partial charge in [-0.05, 0) is 48.7 Å². The molecule has 0 spiro atoms. The molecule has 4 rings (SSSR count). The number of aryl methyl sites for hydroxylation is 2. The van der Waals surface area contributed by atoms with Gasteiger partial charge in [-0.2, -0.15) is 0 Å². The summed E-state index contributed by atoms with van der Waals surface area (Å²) >= 11 is 1.55. The molecule has 5 nitrogen and oxygen atoms in total. The van der Waals surface area contributed by atoms with E-state index in [0.29, 0.717) is 12.2 Å². The summed E-state index contributed by atoms with van der Waals surface area (Å²) in [5, 5.41) is 13.6. The van der Waals surface area contributed by atoms with Crippen molar-refractivity contribution in [2.45, 2.75) is 31.8 Å². The van der Waals surface area contributed by atoms with Gasteiger partial charge in [0.15, 0.2) is 10.8 Å². The minimum Gasteiger partial charge on any atom is -0.326 e. The van der Waals surface area contributed by atoms with Crippen LogP contribution in [-0.2, 0) is 11.2 Å². The molecule has 0 aliphatic carbocycles. The summed E-state index contributed by atoms with van der Waals surface area (Å²) in [6.45, 7) is 4.20.